The Morgan fingerprint density at radius 3 is 2.60 bits per heavy atom. The van der Waals surface area contributed by atoms with Gasteiger partial charge in [0.15, 0.2) is 5.72 Å². The lowest BCUT2D eigenvalue weighted by molar-refractivity contribution is -0.187. The zero-order chi connectivity index (χ0) is 33.6. The Balaban J connectivity index is 1.23. The Kier molecular flexibility index (Phi) is 8.54. The Bertz CT molecular complexity index is 1580. The maximum Gasteiger partial charge on any atom is 0.410 e. The van der Waals surface area contributed by atoms with E-state index in [0.29, 0.717) is 69.8 Å². The highest BCUT2D eigenvalue weighted by Gasteiger charge is 2.52. The fraction of sp³-hybridized carbons (Fsp3) is 0.571. The number of aliphatic hydroxyl groups is 1. The molecule has 0 radical (unpaired) electrons. The third-order valence-electron chi connectivity index (χ3n) is 10.2. The van der Waals surface area contributed by atoms with E-state index in [9.17, 15) is 24.3 Å². The number of fused-ring (bicyclic) bond motifs is 3. The maximum absolute atomic E-state index is 14.4. The highest BCUT2D eigenvalue weighted by molar-refractivity contribution is 6.06. The van der Waals surface area contributed by atoms with Crippen molar-refractivity contribution in [3.63, 3.8) is 0 Å². The summed E-state index contributed by atoms with van der Waals surface area (Å²) in [5.41, 5.74) is -0.648. The first-order valence-corrected chi connectivity index (χ1v) is 16.6. The molecule has 1 aromatic carbocycles. The van der Waals surface area contributed by atoms with Crippen molar-refractivity contribution >= 4 is 35.3 Å². The number of aromatic nitrogens is 1. The van der Waals surface area contributed by atoms with Crippen molar-refractivity contribution in [2.24, 2.45) is 5.41 Å². The lowest BCUT2D eigenvalue weighted by Gasteiger charge is -2.49. The van der Waals surface area contributed by atoms with E-state index < -0.39 is 40.7 Å². The van der Waals surface area contributed by atoms with Crippen molar-refractivity contribution in [1.29, 1.82) is 0 Å². The highest BCUT2D eigenvalue weighted by atomic mass is 16.6. The Morgan fingerprint density at radius 2 is 1.87 bits per heavy atom. The molecule has 12 nitrogen and oxygen atoms in total. The van der Waals surface area contributed by atoms with Gasteiger partial charge in [0, 0.05) is 37.2 Å². The third-order valence-corrected chi connectivity index (χ3v) is 10.2. The molecule has 0 unspecified atom stereocenters. The summed E-state index contributed by atoms with van der Waals surface area (Å²) in [6, 6.07) is 9.36. The van der Waals surface area contributed by atoms with E-state index in [4.69, 9.17) is 9.47 Å². The van der Waals surface area contributed by atoms with E-state index in [0.717, 1.165) is 16.7 Å². The number of carbonyl (C=O) groups excluding carboxylic acids is 4. The number of nitrogens with zero attached hydrogens (tertiary/aromatic N) is 3. The predicted molar refractivity (Wildman–Crippen MR) is 174 cm³/mol. The van der Waals surface area contributed by atoms with Gasteiger partial charge in [-0.15, -0.1) is 0 Å². The number of pyridine rings is 1. The molecule has 0 saturated carbocycles. The summed E-state index contributed by atoms with van der Waals surface area (Å²) in [5, 5.41) is 18.0. The average Bonchev–Trinajstić information content (AvgIpc) is 3.55. The first kappa shape index (κ1) is 32.9. The molecule has 3 N–H and O–H groups in total. The smallest absolute Gasteiger partial charge is 0.410 e. The molecule has 3 aliphatic heterocycles. The molecule has 252 valence electrons. The summed E-state index contributed by atoms with van der Waals surface area (Å²) in [6.45, 7) is 7.88. The first-order chi connectivity index (χ1) is 22.3. The minimum absolute atomic E-state index is 0.0822. The molecule has 2 saturated heterocycles. The number of piperidine rings is 1. The molecule has 2 atom stereocenters. The molecule has 4 heterocycles. The summed E-state index contributed by atoms with van der Waals surface area (Å²) < 4.78 is 11.1. The normalized spacial score (nSPS) is 24.7. The second kappa shape index (κ2) is 12.2. The number of nitrogens with one attached hydrogen (secondary N) is 2. The number of anilines is 2. The topological polar surface area (TPSA) is 150 Å². The minimum atomic E-state index is -1.77. The van der Waals surface area contributed by atoms with Crippen LogP contribution in [0.5, 0.6) is 0 Å². The lowest BCUT2D eigenvalue weighted by atomic mass is 9.76. The minimum Gasteiger partial charge on any atom is -0.444 e. The van der Waals surface area contributed by atoms with Crippen LogP contribution in [-0.2, 0) is 42.1 Å². The number of ether oxygens (including phenoxy) is 2. The second-order valence-electron chi connectivity index (χ2n) is 14.4. The number of hydrogen-bond acceptors (Lipinski definition) is 8. The largest absolute Gasteiger partial charge is 0.444 e. The van der Waals surface area contributed by atoms with Gasteiger partial charge in [-0.05, 0) is 95.0 Å². The molecular formula is C35H45N5O7. The van der Waals surface area contributed by atoms with Crippen LogP contribution in [0.4, 0.5) is 16.3 Å². The van der Waals surface area contributed by atoms with Crippen LogP contribution >= 0.6 is 0 Å². The quantitative estimate of drug-likeness (QED) is 0.401. The molecule has 4 amide bonds. The van der Waals surface area contributed by atoms with E-state index in [-0.39, 0.29) is 24.8 Å². The number of rotatable bonds is 6. The van der Waals surface area contributed by atoms with Crippen LogP contribution in [0, 0.1) is 5.41 Å². The van der Waals surface area contributed by atoms with Crippen molar-refractivity contribution in [3.05, 3.63) is 53.2 Å². The van der Waals surface area contributed by atoms with Crippen molar-refractivity contribution < 1.29 is 33.8 Å². The van der Waals surface area contributed by atoms with Crippen LogP contribution < -0.4 is 10.6 Å². The maximum atomic E-state index is 14.4. The van der Waals surface area contributed by atoms with E-state index in [1.165, 1.54) is 9.80 Å². The molecule has 2 aromatic rings. The number of benzene rings is 1. The highest BCUT2D eigenvalue weighted by Crippen LogP contribution is 2.47. The molecular weight excluding hydrogens is 602 g/mol. The molecule has 6 rings (SSSR count). The van der Waals surface area contributed by atoms with Gasteiger partial charge >= 0.3 is 6.09 Å². The van der Waals surface area contributed by atoms with Gasteiger partial charge in [0.05, 0.1) is 17.4 Å². The summed E-state index contributed by atoms with van der Waals surface area (Å²) >= 11 is 0. The predicted octanol–water partition coefficient (Wildman–Crippen LogP) is 3.76. The molecule has 1 spiro atoms. The zero-order valence-corrected chi connectivity index (χ0v) is 27.7. The van der Waals surface area contributed by atoms with E-state index in [1.54, 1.807) is 33.0 Å². The van der Waals surface area contributed by atoms with Crippen molar-refractivity contribution in [1.82, 2.24) is 14.8 Å². The summed E-state index contributed by atoms with van der Waals surface area (Å²) in [6.07, 6.45) is 4.22. The van der Waals surface area contributed by atoms with Gasteiger partial charge in [-0.3, -0.25) is 14.4 Å². The van der Waals surface area contributed by atoms with Crippen LogP contribution in [0.2, 0.25) is 0 Å². The Morgan fingerprint density at radius 1 is 1.13 bits per heavy atom. The molecule has 1 aliphatic carbocycles. The van der Waals surface area contributed by atoms with Crippen LogP contribution in [0.1, 0.15) is 76.5 Å². The summed E-state index contributed by atoms with van der Waals surface area (Å²) in [7, 11) is 0. The summed E-state index contributed by atoms with van der Waals surface area (Å²) in [5.74, 6) is -0.284. The van der Waals surface area contributed by atoms with Gasteiger partial charge in [-0.2, -0.15) is 0 Å². The van der Waals surface area contributed by atoms with Crippen LogP contribution in [0.3, 0.4) is 0 Å². The number of β-amino-alcohol motifs (C(OH)–C–C–N with tert-alkyl or cyclic N) is 1. The van der Waals surface area contributed by atoms with Crippen molar-refractivity contribution in [2.75, 3.05) is 43.5 Å². The van der Waals surface area contributed by atoms with Crippen LogP contribution in [0.15, 0.2) is 36.5 Å². The Hall–Kier alpha value is -4.03. The van der Waals surface area contributed by atoms with Crippen molar-refractivity contribution in [2.45, 2.75) is 89.4 Å². The van der Waals surface area contributed by atoms with Gasteiger partial charge in [-0.25, -0.2) is 9.78 Å². The van der Waals surface area contributed by atoms with E-state index in [2.05, 4.69) is 15.6 Å². The number of likely N-dealkylation sites (tertiary alicyclic amines) is 1. The van der Waals surface area contributed by atoms with Crippen LogP contribution in [0.25, 0.3) is 0 Å². The van der Waals surface area contributed by atoms with Gasteiger partial charge in [-0.1, -0.05) is 19.1 Å². The molecule has 0 bridgehead atoms. The average molecular weight is 648 g/mol. The SMILES string of the molecule is CCC1(C(=O)N(CC(=O)Nc2ccc3c(c2)C[C@@]2(C3)C(=O)Nc3ncccc32)[C@]2(O)CCCN(C(=O)OC(C)(C)C)C2)CCOCC1. The zero-order valence-electron chi connectivity index (χ0n) is 27.7. The van der Waals surface area contributed by atoms with Gasteiger partial charge < -0.3 is 35.0 Å². The standard InChI is InChI=1S/C35H45N5O7/c1-5-33(12-16-46-17-13-33)30(43)40(35(45)11-7-15-39(22-35)31(44)47-32(2,3)4)21-27(41)37-25-10-9-23-19-34(20-24(23)18-25)26-8-6-14-36-28(26)38-29(34)42/h6,8-10,14,18,45H,5,7,11-13,15-17,19-22H2,1-4H3,(H,37,41)(H,36,38,42)/t34-,35+/m1/s1. The molecule has 2 fully saturated rings. The molecule has 47 heavy (non-hydrogen) atoms. The van der Waals surface area contributed by atoms with Gasteiger partial charge in [0.2, 0.25) is 17.7 Å². The fourth-order valence-corrected chi connectivity index (χ4v) is 7.58. The Labute approximate surface area is 275 Å². The van der Waals surface area contributed by atoms with E-state index in [1.807, 2.05) is 31.2 Å². The number of hydrogen-bond donors (Lipinski definition) is 3. The van der Waals surface area contributed by atoms with E-state index >= 15 is 0 Å². The molecule has 12 heteroatoms. The summed E-state index contributed by atoms with van der Waals surface area (Å²) in [4.78, 5) is 61.4. The monoisotopic (exact) mass is 647 g/mol. The number of amides is 4. The lowest BCUT2D eigenvalue weighted by Crippen LogP contribution is -2.65. The number of carbonyl (C=O) groups is 4. The van der Waals surface area contributed by atoms with Gasteiger partial charge in [0.25, 0.3) is 0 Å². The molecule has 1 aromatic heterocycles. The molecule has 4 aliphatic rings. The first-order valence-electron chi connectivity index (χ1n) is 16.6. The van der Waals surface area contributed by atoms with Crippen LogP contribution in [-0.4, -0.2) is 87.9 Å². The third kappa shape index (κ3) is 6.20. The second-order valence-corrected chi connectivity index (χ2v) is 14.4. The van der Waals surface area contributed by atoms with Gasteiger partial charge in [0.1, 0.15) is 18.0 Å². The van der Waals surface area contributed by atoms with Crippen molar-refractivity contribution in [3.8, 4) is 0 Å². The fourth-order valence-electron chi connectivity index (χ4n) is 7.58.